The van der Waals surface area contributed by atoms with E-state index in [0.717, 1.165) is 19.7 Å². The van der Waals surface area contributed by atoms with Gasteiger partial charge in [-0.1, -0.05) is 0 Å². The molecule has 0 amide bonds. The lowest BCUT2D eigenvalue weighted by Crippen LogP contribution is -2.36. The van der Waals surface area contributed by atoms with Gasteiger partial charge in [0.15, 0.2) is 0 Å². The molecule has 1 aliphatic heterocycles. The van der Waals surface area contributed by atoms with Crippen LogP contribution in [0.25, 0.3) is 0 Å². The number of halogens is 1. The Labute approximate surface area is 80.7 Å². The number of rotatable bonds is 4. The Bertz CT molecular complexity index is 101. The number of ether oxygens (including phenoxy) is 1. The molecule has 0 aromatic rings. The van der Waals surface area contributed by atoms with Gasteiger partial charge in [0, 0.05) is 26.2 Å². The lowest BCUT2D eigenvalue weighted by Gasteiger charge is -2.22. The van der Waals surface area contributed by atoms with E-state index in [1.807, 2.05) is 0 Å². The summed E-state index contributed by atoms with van der Waals surface area (Å²) in [7, 11) is 1.76. The summed E-state index contributed by atoms with van der Waals surface area (Å²) in [5, 5.41) is 0. The van der Waals surface area contributed by atoms with E-state index < -0.39 is 0 Å². The summed E-state index contributed by atoms with van der Waals surface area (Å²) in [4.78, 5) is 2.42. The second kappa shape index (κ2) is 6.66. The van der Waals surface area contributed by atoms with Gasteiger partial charge >= 0.3 is 0 Å². The average Bonchev–Trinajstić information content (AvgIpc) is 2.39. The predicted molar refractivity (Wildman–Crippen MR) is 52.8 cm³/mol. The van der Waals surface area contributed by atoms with Gasteiger partial charge in [-0.3, -0.25) is 4.90 Å². The first-order valence-electron chi connectivity index (χ1n) is 4.31. The molecular formula is C8H19ClN2O. The van der Waals surface area contributed by atoms with Crippen LogP contribution in [0.4, 0.5) is 0 Å². The lowest BCUT2D eigenvalue weighted by atomic mass is 10.2. The summed E-state index contributed by atoms with van der Waals surface area (Å²) in [5.74, 6) is 0. The zero-order valence-electron chi connectivity index (χ0n) is 7.66. The number of nitrogens with two attached hydrogens (primary N) is 1. The Kier molecular flexibility index (Phi) is 6.76. The monoisotopic (exact) mass is 194 g/mol. The summed E-state index contributed by atoms with van der Waals surface area (Å²) in [6, 6.07) is 0.628. The first kappa shape index (κ1) is 12.2. The fourth-order valence-corrected chi connectivity index (χ4v) is 1.74. The summed E-state index contributed by atoms with van der Waals surface area (Å²) in [6.07, 6.45) is 2.57. The van der Waals surface area contributed by atoms with Crippen LogP contribution in [0.3, 0.4) is 0 Å². The van der Waals surface area contributed by atoms with Gasteiger partial charge in [-0.2, -0.15) is 0 Å². The molecule has 1 heterocycles. The Morgan fingerprint density at radius 2 is 2.33 bits per heavy atom. The van der Waals surface area contributed by atoms with Crippen molar-refractivity contribution in [3.8, 4) is 0 Å². The molecule has 1 fully saturated rings. The second-order valence-corrected chi connectivity index (χ2v) is 3.08. The fourth-order valence-electron chi connectivity index (χ4n) is 1.74. The highest BCUT2D eigenvalue weighted by atomic mass is 35.5. The Hall–Kier alpha value is 0.170. The minimum atomic E-state index is 0. The van der Waals surface area contributed by atoms with Gasteiger partial charge in [0.05, 0.1) is 6.61 Å². The largest absolute Gasteiger partial charge is 0.383 e. The number of methoxy groups -OCH3 is 1. The normalized spacial score (nSPS) is 24.0. The standard InChI is InChI=1S/C8H18N2O.ClH/c1-11-7-8-3-2-5-10(8)6-4-9;/h8H,2-7,9H2,1H3;1H. The van der Waals surface area contributed by atoms with Crippen molar-refractivity contribution in [2.24, 2.45) is 5.73 Å². The minimum absolute atomic E-state index is 0. The third-order valence-electron chi connectivity index (χ3n) is 2.27. The molecule has 1 saturated heterocycles. The van der Waals surface area contributed by atoms with E-state index >= 15 is 0 Å². The third-order valence-corrected chi connectivity index (χ3v) is 2.27. The van der Waals surface area contributed by atoms with Crippen molar-refractivity contribution in [2.45, 2.75) is 18.9 Å². The first-order valence-corrected chi connectivity index (χ1v) is 4.31. The van der Waals surface area contributed by atoms with Gasteiger partial charge in [-0.05, 0) is 19.4 Å². The van der Waals surface area contributed by atoms with Crippen LogP contribution < -0.4 is 5.73 Å². The van der Waals surface area contributed by atoms with Gasteiger partial charge in [0.2, 0.25) is 0 Å². The van der Waals surface area contributed by atoms with E-state index in [4.69, 9.17) is 10.5 Å². The summed E-state index contributed by atoms with van der Waals surface area (Å²) >= 11 is 0. The number of nitrogens with zero attached hydrogens (tertiary/aromatic N) is 1. The van der Waals surface area contributed by atoms with Crippen LogP contribution >= 0.6 is 12.4 Å². The molecule has 0 spiro atoms. The number of likely N-dealkylation sites (tertiary alicyclic amines) is 1. The maximum Gasteiger partial charge on any atom is 0.0618 e. The topological polar surface area (TPSA) is 38.5 Å². The van der Waals surface area contributed by atoms with Crippen molar-refractivity contribution in [3.05, 3.63) is 0 Å². The van der Waals surface area contributed by atoms with Crippen LogP contribution in [0, 0.1) is 0 Å². The fraction of sp³-hybridized carbons (Fsp3) is 1.00. The van der Waals surface area contributed by atoms with Crippen LogP contribution in [0.15, 0.2) is 0 Å². The summed E-state index contributed by atoms with van der Waals surface area (Å²) in [5.41, 5.74) is 5.48. The maximum absolute atomic E-state index is 5.48. The maximum atomic E-state index is 5.48. The second-order valence-electron chi connectivity index (χ2n) is 3.08. The van der Waals surface area contributed by atoms with Crippen molar-refractivity contribution in [2.75, 3.05) is 33.4 Å². The molecule has 1 unspecified atom stereocenters. The van der Waals surface area contributed by atoms with Crippen LogP contribution in [-0.2, 0) is 4.74 Å². The Morgan fingerprint density at radius 3 is 2.92 bits per heavy atom. The molecule has 0 bridgehead atoms. The molecule has 3 nitrogen and oxygen atoms in total. The van der Waals surface area contributed by atoms with Crippen molar-refractivity contribution in [3.63, 3.8) is 0 Å². The zero-order chi connectivity index (χ0) is 8.10. The predicted octanol–water partition coefficient (Wildman–Crippen LogP) is 0.478. The van der Waals surface area contributed by atoms with E-state index in [9.17, 15) is 0 Å². The molecule has 4 heteroatoms. The van der Waals surface area contributed by atoms with Crippen molar-refractivity contribution >= 4 is 12.4 Å². The molecule has 0 aliphatic carbocycles. The number of hydrogen-bond acceptors (Lipinski definition) is 3. The molecular weight excluding hydrogens is 176 g/mol. The number of hydrogen-bond donors (Lipinski definition) is 1. The van der Waals surface area contributed by atoms with Crippen molar-refractivity contribution < 1.29 is 4.74 Å². The van der Waals surface area contributed by atoms with Gasteiger partial charge in [0.25, 0.3) is 0 Å². The highest BCUT2D eigenvalue weighted by molar-refractivity contribution is 5.85. The molecule has 0 radical (unpaired) electrons. The molecule has 0 saturated carbocycles. The summed E-state index contributed by atoms with van der Waals surface area (Å²) in [6.45, 7) is 3.85. The average molecular weight is 195 g/mol. The molecule has 0 aromatic heterocycles. The van der Waals surface area contributed by atoms with E-state index in [-0.39, 0.29) is 12.4 Å². The summed E-state index contributed by atoms with van der Waals surface area (Å²) < 4.78 is 5.12. The Morgan fingerprint density at radius 1 is 1.58 bits per heavy atom. The smallest absolute Gasteiger partial charge is 0.0618 e. The lowest BCUT2D eigenvalue weighted by molar-refractivity contribution is 0.117. The molecule has 1 atom stereocenters. The van der Waals surface area contributed by atoms with Gasteiger partial charge in [-0.25, -0.2) is 0 Å². The zero-order valence-corrected chi connectivity index (χ0v) is 8.48. The quantitative estimate of drug-likeness (QED) is 0.708. The minimum Gasteiger partial charge on any atom is -0.383 e. The SMILES string of the molecule is COCC1CCCN1CCN.Cl. The highest BCUT2D eigenvalue weighted by Gasteiger charge is 2.22. The molecule has 74 valence electrons. The van der Waals surface area contributed by atoms with E-state index in [0.29, 0.717) is 6.04 Å². The van der Waals surface area contributed by atoms with Crippen LogP contribution in [0.5, 0.6) is 0 Å². The highest BCUT2D eigenvalue weighted by Crippen LogP contribution is 2.15. The molecule has 1 rings (SSSR count). The molecule has 0 aromatic carbocycles. The van der Waals surface area contributed by atoms with Gasteiger partial charge < -0.3 is 10.5 Å². The van der Waals surface area contributed by atoms with Crippen LogP contribution in [0.2, 0.25) is 0 Å². The molecule has 1 aliphatic rings. The van der Waals surface area contributed by atoms with Gasteiger partial charge in [-0.15, -0.1) is 12.4 Å². The molecule has 12 heavy (non-hydrogen) atoms. The van der Waals surface area contributed by atoms with Crippen LogP contribution in [-0.4, -0.2) is 44.3 Å². The van der Waals surface area contributed by atoms with Crippen molar-refractivity contribution in [1.82, 2.24) is 4.90 Å². The van der Waals surface area contributed by atoms with E-state index in [1.54, 1.807) is 7.11 Å². The first-order chi connectivity index (χ1) is 5.38. The van der Waals surface area contributed by atoms with Gasteiger partial charge in [0.1, 0.15) is 0 Å². The molecule has 2 N–H and O–H groups in total. The van der Waals surface area contributed by atoms with Crippen LogP contribution in [0.1, 0.15) is 12.8 Å². The van der Waals surface area contributed by atoms with Crippen molar-refractivity contribution in [1.29, 1.82) is 0 Å². The third kappa shape index (κ3) is 3.27. The van der Waals surface area contributed by atoms with E-state index in [1.165, 1.54) is 19.4 Å². The van der Waals surface area contributed by atoms with E-state index in [2.05, 4.69) is 4.90 Å². The Balaban J connectivity index is 0.00000121.